The maximum Gasteiger partial charge on any atom is 0.221 e. The molecule has 244 valence electrons. The van der Waals surface area contributed by atoms with Crippen LogP contribution in [-0.2, 0) is 22.7 Å². The lowest BCUT2D eigenvalue weighted by Gasteiger charge is -2.17. The van der Waals surface area contributed by atoms with Crippen molar-refractivity contribution in [2.24, 2.45) is 0 Å². The second kappa shape index (κ2) is 24.0. The van der Waals surface area contributed by atoms with Gasteiger partial charge in [-0.05, 0) is 50.2 Å². The van der Waals surface area contributed by atoms with Gasteiger partial charge in [0.15, 0.2) is 0 Å². The average molecular weight is 598 g/mol. The number of aryl methyl sites for hydroxylation is 1. The zero-order valence-corrected chi connectivity index (χ0v) is 27.9. The van der Waals surface area contributed by atoms with Crippen molar-refractivity contribution in [2.75, 3.05) is 27.2 Å². The number of para-hydroxylation sites is 1. The lowest BCUT2D eigenvalue weighted by molar-refractivity contribution is -0.122. The van der Waals surface area contributed by atoms with Crippen LogP contribution in [0.1, 0.15) is 135 Å². The first-order valence-electron chi connectivity index (χ1n) is 17.5. The largest absolute Gasteiger partial charge is 0.356 e. The van der Waals surface area contributed by atoms with Crippen LogP contribution in [0.25, 0.3) is 10.9 Å². The molecule has 0 saturated carbocycles. The molecule has 0 atom stereocenters. The zero-order valence-electron chi connectivity index (χ0n) is 27.9. The van der Waals surface area contributed by atoms with Crippen molar-refractivity contribution in [1.29, 1.82) is 0 Å². The van der Waals surface area contributed by atoms with Crippen molar-refractivity contribution in [1.82, 2.24) is 25.6 Å². The fraction of sp³-hybridized carbons (Fsp3) is 0.722. The van der Waals surface area contributed by atoms with Gasteiger partial charge >= 0.3 is 0 Å². The van der Waals surface area contributed by atoms with E-state index in [1.807, 2.05) is 25.2 Å². The van der Waals surface area contributed by atoms with Gasteiger partial charge in [0.1, 0.15) is 0 Å². The first-order chi connectivity index (χ1) is 21.0. The Kier molecular flexibility index (Phi) is 20.5. The zero-order chi connectivity index (χ0) is 31.0. The Labute approximate surface area is 262 Å². The van der Waals surface area contributed by atoms with E-state index in [0.717, 1.165) is 38.8 Å². The molecule has 0 spiro atoms. The third-order valence-corrected chi connectivity index (χ3v) is 8.50. The van der Waals surface area contributed by atoms with Gasteiger partial charge in [-0.3, -0.25) is 15.0 Å². The van der Waals surface area contributed by atoms with Gasteiger partial charge in [0, 0.05) is 50.7 Å². The molecule has 2 rings (SSSR count). The Bertz CT molecular complexity index is 1000. The molecule has 7 nitrogen and oxygen atoms in total. The van der Waals surface area contributed by atoms with Gasteiger partial charge in [-0.15, -0.1) is 0 Å². The Balaban J connectivity index is 1.41. The highest BCUT2D eigenvalue weighted by atomic mass is 16.2. The molecule has 3 N–H and O–H groups in total. The van der Waals surface area contributed by atoms with Crippen molar-refractivity contribution < 1.29 is 9.59 Å². The topological polar surface area (TPSA) is 78.4 Å². The number of hydrogen-bond acceptors (Lipinski definition) is 4. The molecule has 1 heterocycles. The summed E-state index contributed by atoms with van der Waals surface area (Å²) in [5, 5.41) is 9.38. The van der Waals surface area contributed by atoms with E-state index in [9.17, 15) is 9.59 Å². The van der Waals surface area contributed by atoms with Crippen LogP contribution in [0.5, 0.6) is 0 Å². The molecule has 0 saturated heterocycles. The number of hydrogen-bond donors (Lipinski definition) is 3. The summed E-state index contributed by atoms with van der Waals surface area (Å²) in [5.74, 6) is 0.275. The predicted molar refractivity (Wildman–Crippen MR) is 182 cm³/mol. The highest BCUT2D eigenvalue weighted by molar-refractivity contribution is 5.82. The van der Waals surface area contributed by atoms with E-state index in [2.05, 4.69) is 51.8 Å². The Hall–Kier alpha value is -2.38. The van der Waals surface area contributed by atoms with E-state index in [0.29, 0.717) is 25.9 Å². The molecule has 7 heteroatoms. The molecule has 0 radical (unpaired) electrons. The fourth-order valence-corrected chi connectivity index (χ4v) is 5.74. The number of carbonyl (C=O) groups excluding carboxylic acids is 2. The van der Waals surface area contributed by atoms with Crippen LogP contribution in [0.2, 0.25) is 0 Å². The lowest BCUT2D eigenvalue weighted by Crippen LogP contribution is -2.31. The van der Waals surface area contributed by atoms with E-state index in [1.165, 1.54) is 100 Å². The van der Waals surface area contributed by atoms with Gasteiger partial charge in [-0.1, -0.05) is 109 Å². The first-order valence-corrected chi connectivity index (χ1v) is 17.5. The number of nitrogens with one attached hydrogen (secondary N) is 3. The summed E-state index contributed by atoms with van der Waals surface area (Å²) in [6.07, 6.45) is 22.7. The minimum absolute atomic E-state index is 0.0900. The highest BCUT2D eigenvalue weighted by Gasteiger charge is 2.12. The van der Waals surface area contributed by atoms with Crippen LogP contribution in [0.3, 0.4) is 0 Å². The molecular formula is C36H63N5O2. The summed E-state index contributed by atoms with van der Waals surface area (Å²) < 4.78 is 2.25. The SMILES string of the molecule is CCCCCCCCCCCCCCCCC(=O)NCCCCCNC(=O)CCn1c(CN(C)NC)cc2ccccc21. The fourth-order valence-electron chi connectivity index (χ4n) is 5.74. The van der Waals surface area contributed by atoms with Crippen molar-refractivity contribution in [3.8, 4) is 0 Å². The molecule has 1 aromatic heterocycles. The van der Waals surface area contributed by atoms with E-state index in [1.54, 1.807) is 0 Å². The number of nitrogens with zero attached hydrogens (tertiary/aromatic N) is 2. The third-order valence-electron chi connectivity index (χ3n) is 8.50. The number of hydrazine groups is 1. The van der Waals surface area contributed by atoms with Crippen molar-refractivity contribution in [3.05, 3.63) is 36.0 Å². The molecule has 1 aromatic carbocycles. The third kappa shape index (κ3) is 16.9. The maximum atomic E-state index is 12.5. The Morgan fingerprint density at radius 1 is 0.698 bits per heavy atom. The van der Waals surface area contributed by atoms with E-state index < -0.39 is 0 Å². The van der Waals surface area contributed by atoms with Crippen LogP contribution < -0.4 is 16.1 Å². The quantitative estimate of drug-likeness (QED) is 0.0723. The monoisotopic (exact) mass is 597 g/mol. The van der Waals surface area contributed by atoms with E-state index in [-0.39, 0.29) is 11.8 Å². The number of aromatic nitrogens is 1. The number of rotatable bonds is 27. The summed E-state index contributed by atoms with van der Waals surface area (Å²) in [7, 11) is 3.93. The first kappa shape index (κ1) is 36.8. The van der Waals surface area contributed by atoms with Gasteiger partial charge in [0.05, 0.1) is 6.54 Å². The van der Waals surface area contributed by atoms with Crippen LogP contribution in [0, 0.1) is 0 Å². The van der Waals surface area contributed by atoms with Gasteiger partial charge in [0.25, 0.3) is 0 Å². The second-order valence-corrected chi connectivity index (χ2v) is 12.3. The van der Waals surface area contributed by atoms with Crippen molar-refractivity contribution in [2.45, 2.75) is 142 Å². The minimum Gasteiger partial charge on any atom is -0.356 e. The van der Waals surface area contributed by atoms with Crippen LogP contribution in [0.4, 0.5) is 0 Å². The van der Waals surface area contributed by atoms with E-state index >= 15 is 0 Å². The normalized spacial score (nSPS) is 11.4. The number of benzene rings is 1. The highest BCUT2D eigenvalue weighted by Crippen LogP contribution is 2.21. The summed E-state index contributed by atoms with van der Waals surface area (Å²) in [5.41, 5.74) is 5.51. The number of carbonyl (C=O) groups is 2. The Morgan fingerprint density at radius 2 is 1.21 bits per heavy atom. The van der Waals surface area contributed by atoms with Crippen molar-refractivity contribution in [3.63, 3.8) is 0 Å². The molecule has 0 unspecified atom stereocenters. The number of fused-ring (bicyclic) bond motifs is 1. The minimum atomic E-state index is 0.0900. The predicted octanol–water partition coefficient (Wildman–Crippen LogP) is 7.87. The molecule has 0 aliphatic carbocycles. The summed E-state index contributed by atoms with van der Waals surface area (Å²) in [6, 6.07) is 10.6. The molecule has 2 amide bonds. The summed E-state index contributed by atoms with van der Waals surface area (Å²) in [6.45, 7) is 5.13. The van der Waals surface area contributed by atoms with Gasteiger partial charge in [-0.2, -0.15) is 0 Å². The number of amides is 2. The number of unbranched alkanes of at least 4 members (excludes halogenated alkanes) is 15. The van der Waals surface area contributed by atoms with E-state index in [4.69, 9.17) is 0 Å². The molecule has 0 bridgehead atoms. The molecule has 0 fully saturated rings. The lowest BCUT2D eigenvalue weighted by atomic mass is 10.0. The van der Waals surface area contributed by atoms with Gasteiger partial charge in [0.2, 0.25) is 11.8 Å². The maximum absolute atomic E-state index is 12.5. The summed E-state index contributed by atoms with van der Waals surface area (Å²) in [4.78, 5) is 24.6. The molecule has 43 heavy (non-hydrogen) atoms. The molecule has 2 aromatic rings. The molecule has 0 aliphatic heterocycles. The average Bonchev–Trinajstić information content (AvgIpc) is 3.36. The van der Waals surface area contributed by atoms with Crippen molar-refractivity contribution >= 4 is 22.7 Å². The molecular weight excluding hydrogens is 534 g/mol. The smallest absolute Gasteiger partial charge is 0.221 e. The van der Waals surface area contributed by atoms with Crippen LogP contribution in [0.15, 0.2) is 30.3 Å². The second-order valence-electron chi connectivity index (χ2n) is 12.3. The standard InChI is InChI=1S/C36H63N5O2/c1-4-5-6-7-8-9-10-11-12-13-14-15-16-18-25-35(42)38-27-21-17-22-28-39-36(43)26-29-41-33(31-40(3)37-2)30-32-23-19-20-24-34(32)41/h19-20,23-24,30,37H,4-18,21-22,25-29,31H2,1-3H3,(H,38,42)(H,39,43). The van der Waals surface area contributed by atoms with Crippen LogP contribution in [-0.4, -0.2) is 48.6 Å². The van der Waals surface area contributed by atoms with Gasteiger partial charge < -0.3 is 15.2 Å². The van der Waals surface area contributed by atoms with Gasteiger partial charge in [-0.25, -0.2) is 5.01 Å². The Morgan fingerprint density at radius 3 is 1.79 bits per heavy atom. The van der Waals surface area contributed by atoms with Crippen LogP contribution >= 0.6 is 0 Å². The molecule has 0 aliphatic rings. The summed E-state index contributed by atoms with van der Waals surface area (Å²) >= 11 is 0.